The molecule has 154 valence electrons. The molecule has 1 N–H and O–H groups in total. The summed E-state index contributed by atoms with van der Waals surface area (Å²) in [5, 5.41) is 12.8. The third-order valence-electron chi connectivity index (χ3n) is 5.14. The Morgan fingerprint density at radius 2 is 1.90 bits per heavy atom. The number of benzene rings is 1. The molecule has 30 heavy (non-hydrogen) atoms. The molecule has 8 heteroatoms. The lowest BCUT2D eigenvalue weighted by Crippen LogP contribution is -2.15. The van der Waals surface area contributed by atoms with Gasteiger partial charge in [0.2, 0.25) is 5.91 Å². The lowest BCUT2D eigenvalue weighted by Gasteiger charge is -2.09. The number of fused-ring (bicyclic) bond motifs is 1. The molecule has 0 radical (unpaired) electrons. The highest BCUT2D eigenvalue weighted by Gasteiger charge is 2.17. The van der Waals surface area contributed by atoms with Gasteiger partial charge in [-0.2, -0.15) is 14.9 Å². The molecule has 0 spiro atoms. The number of aryl methyl sites for hydroxylation is 3. The minimum atomic E-state index is -0.0332. The van der Waals surface area contributed by atoms with Crippen molar-refractivity contribution >= 4 is 22.8 Å². The zero-order valence-corrected chi connectivity index (χ0v) is 17.7. The number of carbonyl (C=O) groups excluding carboxylic acids is 1. The van der Waals surface area contributed by atoms with E-state index in [1.807, 2.05) is 19.1 Å². The highest BCUT2D eigenvalue weighted by molar-refractivity contribution is 5.91. The standard InChI is InChI=1S/C22H25N7O/c1-5-6-7-20(30)26-19-11-16(4)27-29(19)22-18-12-25-28(21(18)23-13-24-22)17-9-8-14(2)15(3)10-17/h8-13H,5-7H2,1-4H3,(H,26,30). The fourth-order valence-corrected chi connectivity index (χ4v) is 3.34. The van der Waals surface area contributed by atoms with Crippen LogP contribution in [0.25, 0.3) is 22.5 Å². The Kier molecular flexibility index (Phi) is 5.31. The maximum Gasteiger partial charge on any atom is 0.225 e. The highest BCUT2D eigenvalue weighted by atomic mass is 16.1. The maximum absolute atomic E-state index is 12.3. The Bertz CT molecular complexity index is 1220. The molecule has 0 saturated heterocycles. The largest absolute Gasteiger partial charge is 0.311 e. The first kappa shape index (κ1) is 19.8. The summed E-state index contributed by atoms with van der Waals surface area (Å²) in [5.41, 5.74) is 4.81. The van der Waals surface area contributed by atoms with Crippen LogP contribution in [0.3, 0.4) is 0 Å². The SMILES string of the molecule is CCCCC(=O)Nc1cc(C)nn1-c1ncnc2c1cnn2-c1ccc(C)c(C)c1. The molecular weight excluding hydrogens is 378 g/mol. The van der Waals surface area contributed by atoms with Crippen LogP contribution in [0, 0.1) is 20.8 Å². The van der Waals surface area contributed by atoms with E-state index < -0.39 is 0 Å². The lowest BCUT2D eigenvalue weighted by molar-refractivity contribution is -0.116. The van der Waals surface area contributed by atoms with Crippen LogP contribution in [-0.2, 0) is 4.79 Å². The molecule has 0 atom stereocenters. The quantitative estimate of drug-likeness (QED) is 0.524. The van der Waals surface area contributed by atoms with E-state index >= 15 is 0 Å². The Morgan fingerprint density at radius 1 is 1.07 bits per heavy atom. The summed E-state index contributed by atoms with van der Waals surface area (Å²) in [4.78, 5) is 21.2. The number of aromatic nitrogens is 6. The van der Waals surface area contributed by atoms with Gasteiger partial charge in [0, 0.05) is 12.5 Å². The Morgan fingerprint density at radius 3 is 2.67 bits per heavy atom. The molecule has 0 fully saturated rings. The van der Waals surface area contributed by atoms with Gasteiger partial charge in [-0.1, -0.05) is 19.4 Å². The Labute approximate surface area is 175 Å². The second kappa shape index (κ2) is 8.06. The van der Waals surface area contributed by atoms with E-state index in [0.29, 0.717) is 23.7 Å². The summed E-state index contributed by atoms with van der Waals surface area (Å²) in [6.07, 6.45) is 5.52. The van der Waals surface area contributed by atoms with Crippen LogP contribution in [0.4, 0.5) is 5.82 Å². The third kappa shape index (κ3) is 3.68. The van der Waals surface area contributed by atoms with Crippen molar-refractivity contribution in [2.75, 3.05) is 5.32 Å². The summed E-state index contributed by atoms with van der Waals surface area (Å²) in [5.74, 6) is 1.13. The van der Waals surface area contributed by atoms with Crippen LogP contribution in [0.1, 0.15) is 43.0 Å². The molecule has 3 heterocycles. The number of hydrogen-bond donors (Lipinski definition) is 1. The summed E-state index contributed by atoms with van der Waals surface area (Å²) >= 11 is 0. The first-order valence-electron chi connectivity index (χ1n) is 10.1. The average molecular weight is 403 g/mol. The second-order valence-electron chi connectivity index (χ2n) is 7.49. The zero-order valence-electron chi connectivity index (χ0n) is 17.7. The van der Waals surface area contributed by atoms with Crippen LogP contribution in [0.2, 0.25) is 0 Å². The molecule has 0 bridgehead atoms. The molecule has 0 aliphatic carbocycles. The predicted octanol–water partition coefficient (Wildman–Crippen LogP) is 4.06. The fourth-order valence-electron chi connectivity index (χ4n) is 3.34. The molecular formula is C22H25N7O. The van der Waals surface area contributed by atoms with Crippen LogP contribution in [0.5, 0.6) is 0 Å². The summed E-state index contributed by atoms with van der Waals surface area (Å²) in [6, 6.07) is 8.02. The van der Waals surface area contributed by atoms with Crippen molar-refractivity contribution in [2.45, 2.75) is 47.0 Å². The molecule has 0 saturated carbocycles. The summed E-state index contributed by atoms with van der Waals surface area (Å²) < 4.78 is 3.44. The van der Waals surface area contributed by atoms with Crippen molar-refractivity contribution < 1.29 is 4.79 Å². The van der Waals surface area contributed by atoms with Crippen LogP contribution in [-0.4, -0.2) is 35.4 Å². The van der Waals surface area contributed by atoms with Crippen LogP contribution < -0.4 is 5.32 Å². The molecule has 0 aliphatic rings. The van der Waals surface area contributed by atoms with Gasteiger partial charge in [0.05, 0.1) is 23.0 Å². The number of nitrogens with zero attached hydrogens (tertiary/aromatic N) is 6. The van der Waals surface area contributed by atoms with Crippen molar-refractivity contribution in [3.8, 4) is 11.5 Å². The van der Waals surface area contributed by atoms with E-state index in [-0.39, 0.29) is 5.91 Å². The molecule has 0 aliphatic heterocycles. The number of hydrogen-bond acceptors (Lipinski definition) is 5. The molecule has 1 amide bonds. The molecule has 3 aromatic heterocycles. The Hall–Kier alpha value is -3.55. The van der Waals surface area contributed by atoms with Crippen LogP contribution in [0.15, 0.2) is 36.8 Å². The number of rotatable bonds is 6. The van der Waals surface area contributed by atoms with Crippen molar-refractivity contribution in [3.63, 3.8) is 0 Å². The van der Waals surface area contributed by atoms with E-state index in [0.717, 1.165) is 29.6 Å². The second-order valence-corrected chi connectivity index (χ2v) is 7.49. The van der Waals surface area contributed by atoms with Gasteiger partial charge in [0.25, 0.3) is 0 Å². The van der Waals surface area contributed by atoms with Crippen molar-refractivity contribution in [1.29, 1.82) is 0 Å². The van der Waals surface area contributed by atoms with Gasteiger partial charge >= 0.3 is 0 Å². The smallest absolute Gasteiger partial charge is 0.225 e. The van der Waals surface area contributed by atoms with Gasteiger partial charge in [-0.3, -0.25) is 4.79 Å². The van der Waals surface area contributed by atoms with Crippen LogP contribution >= 0.6 is 0 Å². The van der Waals surface area contributed by atoms with Gasteiger partial charge in [0.1, 0.15) is 12.1 Å². The highest BCUT2D eigenvalue weighted by Crippen LogP contribution is 2.25. The summed E-state index contributed by atoms with van der Waals surface area (Å²) in [6.45, 7) is 8.10. The maximum atomic E-state index is 12.3. The number of carbonyl (C=O) groups is 1. The van der Waals surface area contributed by atoms with Crippen molar-refractivity contribution in [3.05, 3.63) is 53.6 Å². The van der Waals surface area contributed by atoms with Gasteiger partial charge in [-0.15, -0.1) is 0 Å². The fraction of sp³-hybridized carbons (Fsp3) is 0.318. The average Bonchev–Trinajstić information content (AvgIpc) is 3.31. The van der Waals surface area contributed by atoms with Crippen molar-refractivity contribution in [1.82, 2.24) is 29.5 Å². The van der Waals surface area contributed by atoms with E-state index in [4.69, 9.17) is 0 Å². The van der Waals surface area contributed by atoms with Gasteiger partial charge in [0.15, 0.2) is 11.5 Å². The van der Waals surface area contributed by atoms with Gasteiger partial charge in [-0.25, -0.2) is 14.6 Å². The normalized spacial score (nSPS) is 11.2. The van der Waals surface area contributed by atoms with Gasteiger partial charge < -0.3 is 5.32 Å². The first-order valence-corrected chi connectivity index (χ1v) is 10.1. The molecule has 0 unspecified atom stereocenters. The number of amides is 1. The first-order chi connectivity index (χ1) is 14.5. The van der Waals surface area contributed by atoms with E-state index in [1.165, 1.54) is 17.5 Å². The number of unbranched alkanes of at least 4 members (excludes halogenated alkanes) is 1. The van der Waals surface area contributed by atoms with E-state index in [1.54, 1.807) is 15.6 Å². The van der Waals surface area contributed by atoms with Gasteiger partial charge in [-0.05, 0) is 50.5 Å². The Balaban J connectivity index is 1.77. The predicted molar refractivity (Wildman–Crippen MR) is 116 cm³/mol. The topological polar surface area (TPSA) is 90.5 Å². The molecule has 4 rings (SSSR count). The van der Waals surface area contributed by atoms with E-state index in [9.17, 15) is 4.79 Å². The number of nitrogens with one attached hydrogen (secondary N) is 1. The zero-order chi connectivity index (χ0) is 21.3. The van der Waals surface area contributed by atoms with Crippen molar-refractivity contribution in [2.24, 2.45) is 0 Å². The molecule has 4 aromatic rings. The minimum absolute atomic E-state index is 0.0332. The van der Waals surface area contributed by atoms with E-state index in [2.05, 4.69) is 58.4 Å². The summed E-state index contributed by atoms with van der Waals surface area (Å²) in [7, 11) is 0. The minimum Gasteiger partial charge on any atom is -0.311 e. The lowest BCUT2D eigenvalue weighted by atomic mass is 10.1. The molecule has 1 aromatic carbocycles. The number of anilines is 1. The third-order valence-corrected chi connectivity index (χ3v) is 5.14. The molecule has 8 nitrogen and oxygen atoms in total. The monoisotopic (exact) mass is 403 g/mol.